The number of rotatable bonds is 4. The van der Waals surface area contributed by atoms with Crippen LogP contribution in [0.2, 0.25) is 0 Å². The molecule has 0 bridgehead atoms. The molecule has 0 amide bonds. The van der Waals surface area contributed by atoms with Gasteiger partial charge in [-0.15, -0.1) is 6.58 Å². The zero-order valence-electron chi connectivity index (χ0n) is 7.80. The molecule has 1 atom stereocenters. The van der Waals surface area contributed by atoms with E-state index in [4.69, 9.17) is 0 Å². The average molecular weight is 307 g/mol. The normalized spacial score (nSPS) is 12.2. The molecule has 0 saturated heterocycles. The summed E-state index contributed by atoms with van der Waals surface area (Å²) in [7, 11) is 0. The highest BCUT2D eigenvalue weighted by molar-refractivity contribution is 14.1. The van der Waals surface area contributed by atoms with Crippen LogP contribution in [0.3, 0.4) is 0 Å². The molecule has 0 saturated carbocycles. The maximum atomic E-state index is 13.1. The van der Waals surface area contributed by atoms with Crippen LogP contribution in [0.5, 0.6) is 0 Å². The highest BCUT2D eigenvalue weighted by atomic mass is 127. The number of alkyl halides is 1. The molecule has 0 aliphatic rings. The minimum Gasteiger partial charge on any atom is -0.366 e. The van der Waals surface area contributed by atoms with Crippen LogP contribution < -0.4 is 5.32 Å². The summed E-state index contributed by atoms with van der Waals surface area (Å²) in [6.45, 7) is 5.64. The largest absolute Gasteiger partial charge is 0.366 e. The molecule has 0 fully saturated rings. The molecule has 14 heavy (non-hydrogen) atoms. The van der Waals surface area contributed by atoms with Crippen LogP contribution in [0.4, 0.5) is 10.2 Å². The minimum absolute atomic E-state index is 0.423. The van der Waals surface area contributed by atoms with E-state index < -0.39 is 6.17 Å². The molecule has 1 heterocycles. The van der Waals surface area contributed by atoms with Gasteiger partial charge in [-0.3, -0.25) is 0 Å². The molecule has 1 unspecified atom stereocenters. The lowest BCUT2D eigenvalue weighted by atomic mass is 10.3. The van der Waals surface area contributed by atoms with E-state index >= 15 is 0 Å². The summed E-state index contributed by atoms with van der Waals surface area (Å²) in [5.74, 6) is 0.653. The second-order valence-electron chi connectivity index (χ2n) is 2.71. The number of aromatic nitrogens is 2. The van der Waals surface area contributed by atoms with Crippen molar-refractivity contribution in [1.29, 1.82) is 0 Å². The number of nitrogens with zero attached hydrogens (tertiary/aromatic N) is 2. The second-order valence-corrected chi connectivity index (χ2v) is 3.79. The first kappa shape index (κ1) is 11.4. The fourth-order valence-corrected chi connectivity index (χ4v) is 1.85. The number of hydrogen-bond donors (Lipinski definition) is 1. The fraction of sp³-hybridized carbons (Fsp3) is 0.333. The number of hydrogen-bond acceptors (Lipinski definition) is 3. The Morgan fingerprint density at radius 2 is 2.43 bits per heavy atom. The predicted octanol–water partition coefficient (Wildman–Crippen LogP) is 2.71. The van der Waals surface area contributed by atoms with E-state index in [9.17, 15) is 4.39 Å². The SMILES string of the molecule is C=CCNc1ncnc(C(C)F)c1I. The van der Waals surface area contributed by atoms with E-state index in [1.54, 1.807) is 6.08 Å². The van der Waals surface area contributed by atoms with Crippen molar-refractivity contribution >= 4 is 28.4 Å². The summed E-state index contributed by atoms with van der Waals surface area (Å²) in [4.78, 5) is 7.90. The van der Waals surface area contributed by atoms with Crippen molar-refractivity contribution < 1.29 is 4.39 Å². The summed E-state index contributed by atoms with van der Waals surface area (Å²) < 4.78 is 13.8. The van der Waals surface area contributed by atoms with E-state index in [0.29, 0.717) is 18.1 Å². The van der Waals surface area contributed by atoms with Gasteiger partial charge in [-0.05, 0) is 29.5 Å². The highest BCUT2D eigenvalue weighted by Crippen LogP contribution is 2.24. The van der Waals surface area contributed by atoms with Crippen LogP contribution in [-0.4, -0.2) is 16.5 Å². The summed E-state index contributed by atoms with van der Waals surface area (Å²) in [5, 5.41) is 3.01. The summed E-state index contributed by atoms with van der Waals surface area (Å²) >= 11 is 2.03. The van der Waals surface area contributed by atoms with Crippen LogP contribution in [0.1, 0.15) is 18.8 Å². The Hall–Kier alpha value is -0.720. The van der Waals surface area contributed by atoms with Gasteiger partial charge in [0.1, 0.15) is 18.3 Å². The van der Waals surface area contributed by atoms with Gasteiger partial charge in [-0.1, -0.05) is 6.08 Å². The Morgan fingerprint density at radius 1 is 1.71 bits per heavy atom. The van der Waals surface area contributed by atoms with Crippen LogP contribution in [0.15, 0.2) is 19.0 Å². The Morgan fingerprint density at radius 3 is 3.00 bits per heavy atom. The van der Waals surface area contributed by atoms with Gasteiger partial charge in [-0.25, -0.2) is 14.4 Å². The number of nitrogens with one attached hydrogen (secondary N) is 1. The summed E-state index contributed by atoms with van der Waals surface area (Å²) in [6, 6.07) is 0. The quantitative estimate of drug-likeness (QED) is 0.686. The molecule has 76 valence electrons. The van der Waals surface area contributed by atoms with Gasteiger partial charge < -0.3 is 5.32 Å². The van der Waals surface area contributed by atoms with E-state index in [1.807, 2.05) is 22.6 Å². The molecule has 1 aromatic rings. The van der Waals surface area contributed by atoms with Gasteiger partial charge >= 0.3 is 0 Å². The molecule has 0 aliphatic carbocycles. The Balaban J connectivity index is 2.95. The number of halogens is 2. The van der Waals surface area contributed by atoms with Crippen molar-refractivity contribution in [2.45, 2.75) is 13.1 Å². The van der Waals surface area contributed by atoms with E-state index in [2.05, 4.69) is 21.9 Å². The maximum Gasteiger partial charge on any atom is 0.143 e. The van der Waals surface area contributed by atoms with Crippen molar-refractivity contribution in [3.05, 3.63) is 28.2 Å². The lowest BCUT2D eigenvalue weighted by Crippen LogP contribution is -2.06. The first-order valence-electron chi connectivity index (χ1n) is 4.16. The molecular weight excluding hydrogens is 296 g/mol. The average Bonchev–Trinajstić information content (AvgIpc) is 2.16. The molecule has 1 rings (SSSR count). The zero-order chi connectivity index (χ0) is 10.6. The third-order valence-corrected chi connectivity index (χ3v) is 2.67. The second kappa shape index (κ2) is 5.23. The smallest absolute Gasteiger partial charge is 0.143 e. The van der Waals surface area contributed by atoms with E-state index in [0.717, 1.165) is 3.57 Å². The molecule has 1 N–H and O–H groups in total. The Bertz CT molecular complexity index is 328. The third kappa shape index (κ3) is 2.63. The van der Waals surface area contributed by atoms with Crippen molar-refractivity contribution in [1.82, 2.24) is 9.97 Å². The van der Waals surface area contributed by atoms with Crippen molar-refractivity contribution in [3.8, 4) is 0 Å². The molecule has 5 heteroatoms. The monoisotopic (exact) mass is 307 g/mol. The van der Waals surface area contributed by atoms with Crippen molar-refractivity contribution in [2.24, 2.45) is 0 Å². The molecular formula is C9H11FIN3. The topological polar surface area (TPSA) is 37.8 Å². The van der Waals surface area contributed by atoms with Gasteiger partial charge in [0.15, 0.2) is 0 Å². The van der Waals surface area contributed by atoms with Gasteiger partial charge in [0.05, 0.1) is 9.26 Å². The maximum absolute atomic E-state index is 13.1. The minimum atomic E-state index is -1.07. The molecule has 0 aliphatic heterocycles. The van der Waals surface area contributed by atoms with Crippen LogP contribution in [0, 0.1) is 3.57 Å². The fourth-order valence-electron chi connectivity index (χ4n) is 0.953. The van der Waals surface area contributed by atoms with Gasteiger partial charge in [0.25, 0.3) is 0 Å². The lowest BCUT2D eigenvalue weighted by Gasteiger charge is -2.09. The Kier molecular flexibility index (Phi) is 4.24. The first-order chi connectivity index (χ1) is 6.66. The van der Waals surface area contributed by atoms with Crippen LogP contribution in [0.25, 0.3) is 0 Å². The van der Waals surface area contributed by atoms with Gasteiger partial charge in [-0.2, -0.15) is 0 Å². The molecule has 0 aromatic carbocycles. The number of anilines is 1. The highest BCUT2D eigenvalue weighted by Gasteiger charge is 2.13. The predicted molar refractivity (Wildman–Crippen MR) is 63.0 cm³/mol. The molecule has 0 radical (unpaired) electrons. The zero-order valence-corrected chi connectivity index (χ0v) is 9.95. The summed E-state index contributed by atoms with van der Waals surface area (Å²) in [6.07, 6.45) is 2.00. The van der Waals surface area contributed by atoms with Crippen LogP contribution >= 0.6 is 22.6 Å². The van der Waals surface area contributed by atoms with Gasteiger partial charge in [0, 0.05) is 6.54 Å². The van der Waals surface area contributed by atoms with Crippen molar-refractivity contribution in [3.63, 3.8) is 0 Å². The lowest BCUT2D eigenvalue weighted by molar-refractivity contribution is 0.364. The summed E-state index contributed by atoms with van der Waals surface area (Å²) in [5.41, 5.74) is 0.423. The van der Waals surface area contributed by atoms with Crippen LogP contribution in [-0.2, 0) is 0 Å². The van der Waals surface area contributed by atoms with Gasteiger partial charge in [0.2, 0.25) is 0 Å². The van der Waals surface area contributed by atoms with Crippen molar-refractivity contribution in [2.75, 3.05) is 11.9 Å². The molecule has 1 aromatic heterocycles. The Labute approximate surface area is 96.0 Å². The first-order valence-corrected chi connectivity index (χ1v) is 5.24. The van der Waals surface area contributed by atoms with E-state index in [1.165, 1.54) is 13.3 Å². The third-order valence-electron chi connectivity index (χ3n) is 1.61. The van der Waals surface area contributed by atoms with E-state index in [-0.39, 0.29) is 0 Å². The standard InChI is InChI=1S/C9H11FIN3/c1-3-4-12-9-7(11)8(6(2)10)13-5-14-9/h3,5-6H,1,4H2,2H3,(H,12,13,14). The molecule has 3 nitrogen and oxygen atoms in total. The molecule has 0 spiro atoms.